The van der Waals surface area contributed by atoms with E-state index in [2.05, 4.69) is 46.7 Å². The SMILES string of the molecule is Cc1ccc2nc(-c3ccccc3)c(CN3CCN(S(=O)(=O)c4cccs4)CC3)n2c1. The molecule has 160 valence electrons. The minimum absolute atomic E-state index is 0.421. The number of rotatable bonds is 5. The van der Waals surface area contributed by atoms with Gasteiger partial charge in [-0.2, -0.15) is 4.31 Å². The number of aryl methyl sites for hydroxylation is 1. The van der Waals surface area contributed by atoms with Gasteiger partial charge in [-0.1, -0.05) is 42.5 Å². The number of hydrogen-bond acceptors (Lipinski definition) is 5. The fraction of sp³-hybridized carbons (Fsp3) is 0.261. The lowest BCUT2D eigenvalue weighted by molar-refractivity contribution is 0.180. The number of nitrogens with zero attached hydrogens (tertiary/aromatic N) is 4. The predicted octanol–water partition coefficient (Wildman–Crippen LogP) is 3.88. The molecule has 1 aliphatic rings. The maximum absolute atomic E-state index is 12.8. The lowest BCUT2D eigenvalue weighted by Gasteiger charge is -2.33. The summed E-state index contributed by atoms with van der Waals surface area (Å²) in [6, 6.07) is 17.8. The number of aromatic nitrogens is 2. The molecule has 0 bridgehead atoms. The molecule has 0 amide bonds. The first-order valence-electron chi connectivity index (χ1n) is 10.3. The van der Waals surface area contributed by atoms with Gasteiger partial charge in [0.05, 0.1) is 11.4 Å². The molecule has 0 aliphatic carbocycles. The third-order valence-electron chi connectivity index (χ3n) is 5.71. The van der Waals surface area contributed by atoms with Gasteiger partial charge in [-0.05, 0) is 30.0 Å². The summed E-state index contributed by atoms with van der Waals surface area (Å²) in [6.07, 6.45) is 2.13. The van der Waals surface area contributed by atoms with Crippen LogP contribution in [0.3, 0.4) is 0 Å². The van der Waals surface area contributed by atoms with E-state index in [1.807, 2.05) is 18.2 Å². The number of sulfonamides is 1. The number of thiophene rings is 1. The van der Waals surface area contributed by atoms with Gasteiger partial charge in [0.2, 0.25) is 0 Å². The van der Waals surface area contributed by atoms with Crippen molar-refractivity contribution in [3.63, 3.8) is 0 Å². The Hall–Kier alpha value is -2.52. The molecule has 31 heavy (non-hydrogen) atoms. The van der Waals surface area contributed by atoms with Crippen molar-refractivity contribution in [1.29, 1.82) is 0 Å². The van der Waals surface area contributed by atoms with Crippen LogP contribution in [0.4, 0.5) is 0 Å². The Morgan fingerprint density at radius 1 is 0.968 bits per heavy atom. The highest BCUT2D eigenvalue weighted by molar-refractivity contribution is 7.91. The van der Waals surface area contributed by atoms with Crippen LogP contribution in [0, 0.1) is 6.92 Å². The number of hydrogen-bond donors (Lipinski definition) is 0. The second-order valence-corrected chi connectivity index (χ2v) is 10.9. The molecule has 6 nitrogen and oxygen atoms in total. The Balaban J connectivity index is 1.41. The first-order chi connectivity index (χ1) is 15.0. The summed E-state index contributed by atoms with van der Waals surface area (Å²) >= 11 is 1.28. The molecule has 8 heteroatoms. The maximum Gasteiger partial charge on any atom is 0.252 e. The Morgan fingerprint density at radius 2 is 1.74 bits per heavy atom. The zero-order valence-corrected chi connectivity index (χ0v) is 18.9. The molecule has 0 atom stereocenters. The van der Waals surface area contributed by atoms with Gasteiger partial charge in [-0.15, -0.1) is 11.3 Å². The van der Waals surface area contributed by atoms with E-state index in [1.165, 1.54) is 16.9 Å². The molecule has 0 radical (unpaired) electrons. The lowest BCUT2D eigenvalue weighted by atomic mass is 10.1. The number of pyridine rings is 1. The van der Waals surface area contributed by atoms with Gasteiger partial charge in [0.25, 0.3) is 10.0 Å². The van der Waals surface area contributed by atoms with Crippen LogP contribution in [0.15, 0.2) is 70.4 Å². The van der Waals surface area contributed by atoms with E-state index in [-0.39, 0.29) is 0 Å². The van der Waals surface area contributed by atoms with Crippen LogP contribution < -0.4 is 0 Å². The number of benzene rings is 1. The van der Waals surface area contributed by atoms with E-state index >= 15 is 0 Å². The van der Waals surface area contributed by atoms with Crippen LogP contribution in [0.5, 0.6) is 0 Å². The van der Waals surface area contributed by atoms with Crippen LogP contribution >= 0.6 is 11.3 Å². The van der Waals surface area contributed by atoms with E-state index in [9.17, 15) is 8.42 Å². The van der Waals surface area contributed by atoms with E-state index in [0.29, 0.717) is 30.4 Å². The smallest absolute Gasteiger partial charge is 0.252 e. The highest BCUT2D eigenvalue weighted by Crippen LogP contribution is 2.27. The van der Waals surface area contributed by atoms with Crippen molar-refractivity contribution in [2.45, 2.75) is 17.7 Å². The van der Waals surface area contributed by atoms with Crippen LogP contribution in [-0.2, 0) is 16.6 Å². The summed E-state index contributed by atoms with van der Waals surface area (Å²) < 4.78 is 29.9. The van der Waals surface area contributed by atoms with Crippen molar-refractivity contribution < 1.29 is 8.42 Å². The molecule has 5 rings (SSSR count). The second kappa shape index (κ2) is 8.20. The molecule has 0 unspecified atom stereocenters. The summed E-state index contributed by atoms with van der Waals surface area (Å²) in [5.74, 6) is 0. The molecule has 0 saturated carbocycles. The molecular formula is C23H24N4O2S2. The molecule has 1 aromatic carbocycles. The van der Waals surface area contributed by atoms with Crippen molar-refractivity contribution in [3.05, 3.63) is 77.4 Å². The van der Waals surface area contributed by atoms with Gasteiger partial charge in [-0.3, -0.25) is 4.90 Å². The Kier molecular flexibility index (Phi) is 5.39. The fourth-order valence-corrected chi connectivity index (χ4v) is 6.62. The van der Waals surface area contributed by atoms with Crippen LogP contribution in [0.1, 0.15) is 11.3 Å². The van der Waals surface area contributed by atoms with Gasteiger partial charge in [0.15, 0.2) is 0 Å². The van der Waals surface area contributed by atoms with Crippen LogP contribution in [0.2, 0.25) is 0 Å². The van der Waals surface area contributed by atoms with Gasteiger partial charge >= 0.3 is 0 Å². The summed E-state index contributed by atoms with van der Waals surface area (Å²) in [6.45, 7) is 5.18. The Labute approximate surface area is 186 Å². The molecular weight excluding hydrogens is 428 g/mol. The monoisotopic (exact) mass is 452 g/mol. The highest BCUT2D eigenvalue weighted by atomic mass is 32.2. The number of imidazole rings is 1. The zero-order chi connectivity index (χ0) is 21.4. The fourth-order valence-electron chi connectivity index (χ4n) is 4.06. The quantitative estimate of drug-likeness (QED) is 0.461. The van der Waals surface area contributed by atoms with Gasteiger partial charge in [-0.25, -0.2) is 13.4 Å². The molecule has 0 N–H and O–H groups in total. The summed E-state index contributed by atoms with van der Waals surface area (Å²) in [4.78, 5) is 7.23. The standard InChI is InChI=1S/C23H24N4O2S2/c1-18-9-10-21-24-23(19-6-3-2-4-7-19)20(27(21)16-18)17-25-11-13-26(14-12-25)31(28,29)22-8-5-15-30-22/h2-10,15-16H,11-14,17H2,1H3. The van der Waals surface area contributed by atoms with Gasteiger partial charge < -0.3 is 4.40 Å². The molecule has 1 aliphatic heterocycles. The molecule has 1 fully saturated rings. The van der Waals surface area contributed by atoms with Gasteiger partial charge in [0, 0.05) is 44.5 Å². The number of piperazine rings is 1. The van der Waals surface area contributed by atoms with E-state index in [1.54, 1.807) is 21.8 Å². The van der Waals surface area contributed by atoms with Crippen molar-refractivity contribution in [1.82, 2.24) is 18.6 Å². The van der Waals surface area contributed by atoms with Gasteiger partial charge in [0.1, 0.15) is 9.86 Å². The first-order valence-corrected chi connectivity index (χ1v) is 12.6. The summed E-state index contributed by atoms with van der Waals surface area (Å²) in [5, 5.41) is 1.81. The molecule has 4 aromatic rings. The number of fused-ring (bicyclic) bond motifs is 1. The van der Waals surface area contributed by atoms with E-state index < -0.39 is 10.0 Å². The second-order valence-electron chi connectivity index (χ2n) is 7.82. The third kappa shape index (κ3) is 3.92. The van der Waals surface area contributed by atoms with Crippen LogP contribution in [0.25, 0.3) is 16.9 Å². The lowest BCUT2D eigenvalue weighted by Crippen LogP contribution is -2.48. The molecule has 4 heterocycles. The highest BCUT2D eigenvalue weighted by Gasteiger charge is 2.30. The topological polar surface area (TPSA) is 57.9 Å². The molecule has 0 spiro atoms. The zero-order valence-electron chi connectivity index (χ0n) is 17.3. The minimum Gasteiger partial charge on any atom is -0.302 e. The average molecular weight is 453 g/mol. The minimum atomic E-state index is -3.39. The first kappa shape index (κ1) is 20.4. The van der Waals surface area contributed by atoms with E-state index in [0.717, 1.165) is 29.1 Å². The molecule has 3 aromatic heterocycles. The maximum atomic E-state index is 12.8. The Bertz CT molecular complexity index is 1290. The van der Waals surface area contributed by atoms with Crippen molar-refractivity contribution in [2.75, 3.05) is 26.2 Å². The predicted molar refractivity (Wildman–Crippen MR) is 124 cm³/mol. The average Bonchev–Trinajstić information content (AvgIpc) is 3.44. The van der Waals surface area contributed by atoms with Crippen LogP contribution in [-0.4, -0.2) is 53.2 Å². The van der Waals surface area contributed by atoms with Crippen molar-refractivity contribution in [2.24, 2.45) is 0 Å². The largest absolute Gasteiger partial charge is 0.302 e. The summed E-state index contributed by atoms with van der Waals surface area (Å²) in [7, 11) is -3.39. The summed E-state index contributed by atoms with van der Waals surface area (Å²) in [5.41, 5.74) is 5.33. The normalized spacial score (nSPS) is 16.2. The third-order valence-corrected chi connectivity index (χ3v) is 8.98. The van der Waals surface area contributed by atoms with E-state index in [4.69, 9.17) is 4.98 Å². The van der Waals surface area contributed by atoms with Crippen molar-refractivity contribution >= 4 is 27.0 Å². The molecule has 1 saturated heterocycles. The Morgan fingerprint density at radius 3 is 2.45 bits per heavy atom. The van der Waals surface area contributed by atoms with Crippen molar-refractivity contribution in [3.8, 4) is 11.3 Å².